The summed E-state index contributed by atoms with van der Waals surface area (Å²) in [5.41, 5.74) is -0.261. The van der Waals surface area contributed by atoms with Gasteiger partial charge in [-0.05, 0) is 41.1 Å². The van der Waals surface area contributed by atoms with Crippen molar-refractivity contribution in [1.29, 1.82) is 0 Å². The summed E-state index contributed by atoms with van der Waals surface area (Å²) in [4.78, 5) is 35.8. The van der Waals surface area contributed by atoms with Gasteiger partial charge >= 0.3 is 0 Å². The predicted octanol–water partition coefficient (Wildman–Crippen LogP) is 3.77. The molecule has 0 spiro atoms. The second-order valence-corrected chi connectivity index (χ2v) is 6.31. The molecule has 3 aromatic heterocycles. The summed E-state index contributed by atoms with van der Waals surface area (Å²) in [6.07, 6.45) is 3.16. The van der Waals surface area contributed by atoms with E-state index in [4.69, 9.17) is 0 Å². The zero-order valence-corrected chi connectivity index (χ0v) is 13.9. The molecule has 0 aliphatic carbocycles. The van der Waals surface area contributed by atoms with Crippen molar-refractivity contribution < 1.29 is 4.39 Å². The van der Waals surface area contributed by atoms with E-state index < -0.39 is 16.8 Å². The summed E-state index contributed by atoms with van der Waals surface area (Å²) in [6, 6.07) is 13.0. The Morgan fingerprint density at radius 2 is 1.70 bits per heavy atom. The molecule has 2 N–H and O–H groups in total. The van der Waals surface area contributed by atoms with Crippen molar-refractivity contribution in [3.63, 3.8) is 0 Å². The van der Waals surface area contributed by atoms with Crippen LogP contribution < -0.4 is 11.0 Å². The van der Waals surface area contributed by atoms with Gasteiger partial charge in [-0.3, -0.25) is 9.59 Å². The smallest absolute Gasteiger partial charge is 0.255 e. The fourth-order valence-electron chi connectivity index (χ4n) is 3.49. The Morgan fingerprint density at radius 1 is 0.889 bits per heavy atom. The van der Waals surface area contributed by atoms with Crippen molar-refractivity contribution in [1.82, 2.24) is 15.0 Å². The number of hydrogen-bond acceptors (Lipinski definition) is 3. The van der Waals surface area contributed by atoms with Crippen LogP contribution in [0.4, 0.5) is 4.39 Å². The number of nitrogens with zero attached hydrogens (tertiary/aromatic N) is 1. The first-order chi connectivity index (χ1) is 13.1. The normalized spacial score (nSPS) is 11.4. The number of pyridine rings is 1. The molecule has 6 heteroatoms. The number of rotatable bonds is 0. The summed E-state index contributed by atoms with van der Waals surface area (Å²) >= 11 is 0. The molecular formula is C21H12FN3O2. The van der Waals surface area contributed by atoms with Crippen LogP contribution in [-0.2, 0) is 0 Å². The van der Waals surface area contributed by atoms with Gasteiger partial charge in [0, 0.05) is 23.2 Å². The lowest BCUT2D eigenvalue weighted by Gasteiger charge is -1.97. The average Bonchev–Trinajstić information content (AvgIpc) is 3.11. The Labute approximate surface area is 150 Å². The minimum atomic E-state index is -0.691. The highest BCUT2D eigenvalue weighted by atomic mass is 19.1. The van der Waals surface area contributed by atoms with E-state index in [2.05, 4.69) is 15.0 Å². The second kappa shape index (κ2) is 5.60. The van der Waals surface area contributed by atoms with Gasteiger partial charge in [0.05, 0.1) is 16.3 Å². The highest BCUT2D eigenvalue weighted by molar-refractivity contribution is 6.13. The number of nitrogens with one attached hydrogen (secondary N) is 2. The van der Waals surface area contributed by atoms with Crippen LogP contribution in [-0.4, -0.2) is 15.0 Å². The number of halogens is 1. The summed E-state index contributed by atoms with van der Waals surface area (Å²) in [5.74, 6) is -0.691. The molecule has 0 saturated heterocycles. The van der Waals surface area contributed by atoms with E-state index in [0.29, 0.717) is 21.8 Å². The van der Waals surface area contributed by atoms with Gasteiger partial charge in [0.15, 0.2) is 5.43 Å². The van der Waals surface area contributed by atoms with Gasteiger partial charge in [0.1, 0.15) is 11.5 Å². The second-order valence-electron chi connectivity index (χ2n) is 6.31. The molecule has 0 aliphatic heterocycles. The summed E-state index contributed by atoms with van der Waals surface area (Å²) in [6.45, 7) is 0. The van der Waals surface area contributed by atoms with Gasteiger partial charge < -0.3 is 9.97 Å². The van der Waals surface area contributed by atoms with E-state index in [1.807, 2.05) is 6.07 Å². The van der Waals surface area contributed by atoms with E-state index in [0.717, 1.165) is 10.8 Å². The number of aromatic amines is 2. The summed E-state index contributed by atoms with van der Waals surface area (Å²) < 4.78 is 14.6. The van der Waals surface area contributed by atoms with Crippen LogP contribution in [0.1, 0.15) is 0 Å². The molecule has 0 fully saturated rings. The number of fused-ring (bicyclic) bond motifs is 4. The number of H-pyrrole nitrogens is 2. The molecule has 2 bridgehead atoms. The number of aromatic nitrogens is 3. The zero-order valence-electron chi connectivity index (χ0n) is 13.9. The lowest BCUT2D eigenvalue weighted by Crippen LogP contribution is -2.06. The van der Waals surface area contributed by atoms with Crippen molar-refractivity contribution in [3.05, 3.63) is 87.3 Å². The van der Waals surface area contributed by atoms with Crippen LogP contribution in [0.15, 0.2) is 70.5 Å². The van der Waals surface area contributed by atoms with Crippen LogP contribution in [0.3, 0.4) is 0 Å². The maximum Gasteiger partial charge on any atom is 0.255 e. The zero-order chi connectivity index (χ0) is 18.5. The molecule has 0 aliphatic rings. The molecule has 0 saturated carbocycles. The third-order valence-corrected chi connectivity index (χ3v) is 4.74. The van der Waals surface area contributed by atoms with Crippen LogP contribution in [0.5, 0.6) is 0 Å². The highest BCUT2D eigenvalue weighted by Gasteiger charge is 2.11. The first-order valence-corrected chi connectivity index (χ1v) is 8.34. The van der Waals surface area contributed by atoms with Crippen LogP contribution in [0, 0.1) is 5.82 Å². The Kier molecular flexibility index (Phi) is 3.21. The number of benzene rings is 2. The molecule has 27 heavy (non-hydrogen) atoms. The Morgan fingerprint density at radius 3 is 2.59 bits per heavy atom. The lowest BCUT2D eigenvalue weighted by molar-refractivity contribution is 0.639. The van der Waals surface area contributed by atoms with E-state index in [9.17, 15) is 14.0 Å². The summed E-state index contributed by atoms with van der Waals surface area (Å²) in [5, 5.41) is 2.68. The van der Waals surface area contributed by atoms with Crippen LogP contribution in [0.2, 0.25) is 0 Å². The maximum atomic E-state index is 14.6. The molecule has 0 unspecified atom stereocenters. The largest absolute Gasteiger partial charge is 0.345 e. The third-order valence-electron chi connectivity index (χ3n) is 4.74. The van der Waals surface area contributed by atoms with Gasteiger partial charge in [0.2, 0.25) is 0 Å². The van der Waals surface area contributed by atoms with Gasteiger partial charge in [0.25, 0.3) is 5.56 Å². The van der Waals surface area contributed by atoms with Gasteiger partial charge in [-0.2, -0.15) is 0 Å². The first kappa shape index (κ1) is 15.5. The lowest BCUT2D eigenvalue weighted by atomic mass is 10.1. The Bertz CT molecular complexity index is 1530. The van der Waals surface area contributed by atoms with Crippen molar-refractivity contribution in [2.24, 2.45) is 0 Å². The molecule has 130 valence electrons. The molecule has 5 aromatic rings. The van der Waals surface area contributed by atoms with Crippen molar-refractivity contribution >= 4 is 43.5 Å². The standard InChI is InChI=1S/C21H12FN3O2/c22-15-5-2-6-16-18(15)19(26)14-10-24-20-17(14)13(7-8-23-20)11-3-1-4-12(9-11)21(27)25-16/h1-10H,(H,23,24)(H,25,27). The van der Waals surface area contributed by atoms with E-state index in [1.54, 1.807) is 30.5 Å². The molecule has 0 amide bonds. The maximum absolute atomic E-state index is 14.6. The fourth-order valence-corrected chi connectivity index (χ4v) is 3.49. The first-order valence-electron chi connectivity index (χ1n) is 8.34. The molecular weight excluding hydrogens is 345 g/mol. The van der Waals surface area contributed by atoms with Gasteiger partial charge in [-0.15, -0.1) is 0 Å². The molecule has 2 aromatic carbocycles. The van der Waals surface area contributed by atoms with E-state index in [-0.39, 0.29) is 10.9 Å². The third kappa shape index (κ3) is 2.27. The van der Waals surface area contributed by atoms with Crippen LogP contribution in [0.25, 0.3) is 43.5 Å². The SMILES string of the molecule is O=c1[nH]c2cccc(F)c2c(=O)c2c[nH]c3nccc(c4cccc1c4)c32. The predicted molar refractivity (Wildman–Crippen MR) is 104 cm³/mol. The average molecular weight is 357 g/mol. The minimum absolute atomic E-state index is 0.136. The van der Waals surface area contributed by atoms with Crippen molar-refractivity contribution in [2.45, 2.75) is 0 Å². The molecule has 5 nitrogen and oxygen atoms in total. The van der Waals surface area contributed by atoms with Gasteiger partial charge in [-0.1, -0.05) is 18.2 Å². The van der Waals surface area contributed by atoms with E-state index >= 15 is 0 Å². The summed E-state index contributed by atoms with van der Waals surface area (Å²) in [7, 11) is 0. The highest BCUT2D eigenvalue weighted by Crippen LogP contribution is 2.25. The minimum Gasteiger partial charge on any atom is -0.345 e. The van der Waals surface area contributed by atoms with E-state index in [1.165, 1.54) is 24.4 Å². The van der Waals surface area contributed by atoms with Gasteiger partial charge in [-0.25, -0.2) is 9.37 Å². The van der Waals surface area contributed by atoms with Crippen molar-refractivity contribution in [3.8, 4) is 0 Å². The topological polar surface area (TPSA) is 78.6 Å². The quantitative estimate of drug-likeness (QED) is 0.443. The Balaban J connectivity index is 2.28. The molecule has 3 heterocycles. The van der Waals surface area contributed by atoms with Crippen LogP contribution >= 0.6 is 0 Å². The van der Waals surface area contributed by atoms with Crippen molar-refractivity contribution in [2.75, 3.05) is 0 Å². The monoisotopic (exact) mass is 357 g/mol. The molecule has 0 atom stereocenters. The Hall–Kier alpha value is -3.80. The number of hydrogen-bond donors (Lipinski definition) is 2. The fraction of sp³-hybridized carbons (Fsp3) is 0. The molecule has 5 rings (SSSR count). The molecule has 0 radical (unpaired) electrons.